The van der Waals surface area contributed by atoms with E-state index in [0.717, 1.165) is 35.4 Å². The molecule has 3 aromatic carbocycles. The number of benzene rings is 3. The molecule has 29 heavy (non-hydrogen) atoms. The highest BCUT2D eigenvalue weighted by Gasteiger charge is 2.07. The molecule has 3 rings (SSSR count). The molecule has 0 aliphatic carbocycles. The van der Waals surface area contributed by atoms with Crippen molar-refractivity contribution in [2.45, 2.75) is 24.5 Å². The van der Waals surface area contributed by atoms with Gasteiger partial charge in [-0.25, -0.2) is 13.6 Å². The SMILES string of the molecule is NS(=O)(=O)c1ccc(CCNCc2ccccc2OCc2cccc(Cl)c2)cc1. The Morgan fingerprint density at radius 1 is 0.931 bits per heavy atom. The molecule has 0 atom stereocenters. The number of primary sulfonamides is 1. The molecule has 5 nitrogen and oxygen atoms in total. The Labute approximate surface area is 176 Å². The van der Waals surface area contributed by atoms with Crippen LogP contribution in [0.1, 0.15) is 16.7 Å². The van der Waals surface area contributed by atoms with E-state index in [2.05, 4.69) is 5.32 Å². The number of halogens is 1. The van der Waals surface area contributed by atoms with Gasteiger partial charge < -0.3 is 10.1 Å². The maximum Gasteiger partial charge on any atom is 0.238 e. The summed E-state index contributed by atoms with van der Waals surface area (Å²) < 4.78 is 28.6. The molecule has 0 bridgehead atoms. The van der Waals surface area contributed by atoms with Crippen molar-refractivity contribution in [3.63, 3.8) is 0 Å². The van der Waals surface area contributed by atoms with Gasteiger partial charge in [0.1, 0.15) is 12.4 Å². The molecule has 0 spiro atoms. The van der Waals surface area contributed by atoms with Crippen molar-refractivity contribution in [1.82, 2.24) is 5.32 Å². The van der Waals surface area contributed by atoms with Crippen LogP contribution in [0.2, 0.25) is 5.02 Å². The van der Waals surface area contributed by atoms with Gasteiger partial charge in [0.2, 0.25) is 10.0 Å². The summed E-state index contributed by atoms with van der Waals surface area (Å²) in [5, 5.41) is 9.21. The van der Waals surface area contributed by atoms with Crippen LogP contribution in [0.15, 0.2) is 77.7 Å². The van der Waals surface area contributed by atoms with Gasteiger partial charge in [-0.3, -0.25) is 0 Å². The van der Waals surface area contributed by atoms with Crippen molar-refractivity contribution < 1.29 is 13.2 Å². The van der Waals surface area contributed by atoms with E-state index in [0.29, 0.717) is 18.2 Å². The average molecular weight is 431 g/mol. The van der Waals surface area contributed by atoms with Gasteiger partial charge in [0.15, 0.2) is 0 Å². The number of ether oxygens (including phenoxy) is 1. The summed E-state index contributed by atoms with van der Waals surface area (Å²) in [7, 11) is -3.65. The Balaban J connectivity index is 1.51. The lowest BCUT2D eigenvalue weighted by Crippen LogP contribution is -2.17. The quantitative estimate of drug-likeness (QED) is 0.504. The van der Waals surface area contributed by atoms with Crippen molar-refractivity contribution in [1.29, 1.82) is 0 Å². The molecule has 0 saturated heterocycles. The molecule has 0 aromatic heterocycles. The minimum atomic E-state index is -3.65. The molecule has 0 heterocycles. The van der Waals surface area contributed by atoms with Crippen LogP contribution >= 0.6 is 11.6 Å². The van der Waals surface area contributed by atoms with Gasteiger partial charge in [-0.1, -0.05) is 54.1 Å². The molecule has 0 unspecified atom stereocenters. The molecular weight excluding hydrogens is 408 g/mol. The monoisotopic (exact) mass is 430 g/mol. The lowest BCUT2D eigenvalue weighted by atomic mass is 10.1. The second kappa shape index (κ2) is 9.89. The number of rotatable bonds is 9. The summed E-state index contributed by atoms with van der Waals surface area (Å²) in [6, 6.07) is 22.2. The highest BCUT2D eigenvalue weighted by atomic mass is 35.5. The fourth-order valence-electron chi connectivity index (χ4n) is 2.88. The molecule has 3 N–H and O–H groups in total. The number of para-hydroxylation sites is 1. The van der Waals surface area contributed by atoms with Gasteiger partial charge in [-0.2, -0.15) is 0 Å². The number of nitrogens with one attached hydrogen (secondary N) is 1. The summed E-state index contributed by atoms with van der Waals surface area (Å²) in [6.45, 7) is 1.87. The van der Waals surface area contributed by atoms with E-state index >= 15 is 0 Å². The first-order valence-electron chi connectivity index (χ1n) is 9.19. The second-order valence-electron chi connectivity index (χ2n) is 6.64. The summed E-state index contributed by atoms with van der Waals surface area (Å²) >= 11 is 6.02. The fourth-order valence-corrected chi connectivity index (χ4v) is 3.61. The van der Waals surface area contributed by atoms with Crippen molar-refractivity contribution >= 4 is 21.6 Å². The molecular formula is C22H23ClN2O3S. The minimum absolute atomic E-state index is 0.125. The summed E-state index contributed by atoms with van der Waals surface area (Å²) in [6.07, 6.45) is 0.774. The molecule has 3 aromatic rings. The van der Waals surface area contributed by atoms with Gasteiger partial charge in [0.05, 0.1) is 4.90 Å². The third kappa shape index (κ3) is 6.58. The highest BCUT2D eigenvalue weighted by Crippen LogP contribution is 2.20. The van der Waals surface area contributed by atoms with Crippen LogP contribution < -0.4 is 15.2 Å². The Morgan fingerprint density at radius 2 is 1.69 bits per heavy atom. The number of hydrogen-bond donors (Lipinski definition) is 2. The molecule has 0 radical (unpaired) electrons. The molecule has 0 saturated carbocycles. The molecule has 7 heteroatoms. The first kappa shape index (κ1) is 21.3. The average Bonchev–Trinajstić information content (AvgIpc) is 2.70. The zero-order valence-corrected chi connectivity index (χ0v) is 17.4. The van der Waals surface area contributed by atoms with E-state index in [1.807, 2.05) is 48.5 Å². The summed E-state index contributed by atoms with van der Waals surface area (Å²) in [5.74, 6) is 0.831. The van der Waals surface area contributed by atoms with Crippen LogP contribution in [-0.2, 0) is 29.6 Å². The molecule has 0 amide bonds. The van der Waals surface area contributed by atoms with Crippen LogP contribution in [0.3, 0.4) is 0 Å². The van der Waals surface area contributed by atoms with Gasteiger partial charge >= 0.3 is 0 Å². The molecule has 152 valence electrons. The summed E-state index contributed by atoms with van der Waals surface area (Å²) in [4.78, 5) is 0.125. The minimum Gasteiger partial charge on any atom is -0.489 e. The third-order valence-corrected chi connectivity index (χ3v) is 5.58. The van der Waals surface area contributed by atoms with Crippen molar-refractivity contribution in [2.24, 2.45) is 5.14 Å². The molecule has 0 aliphatic heterocycles. The largest absolute Gasteiger partial charge is 0.489 e. The fraction of sp³-hybridized carbons (Fsp3) is 0.182. The maximum absolute atomic E-state index is 11.3. The van der Waals surface area contributed by atoms with E-state index in [-0.39, 0.29) is 4.90 Å². The van der Waals surface area contributed by atoms with E-state index < -0.39 is 10.0 Å². The smallest absolute Gasteiger partial charge is 0.238 e. The van der Waals surface area contributed by atoms with Gasteiger partial charge in [0, 0.05) is 17.1 Å². The number of nitrogens with two attached hydrogens (primary N) is 1. The Bertz CT molecular complexity index is 1050. The normalized spacial score (nSPS) is 11.4. The predicted molar refractivity (Wildman–Crippen MR) is 115 cm³/mol. The van der Waals surface area contributed by atoms with Crippen molar-refractivity contribution in [3.05, 3.63) is 94.5 Å². The third-order valence-electron chi connectivity index (χ3n) is 4.41. The van der Waals surface area contributed by atoms with Crippen molar-refractivity contribution in [3.8, 4) is 5.75 Å². The van der Waals surface area contributed by atoms with E-state index in [9.17, 15) is 8.42 Å². The van der Waals surface area contributed by atoms with Gasteiger partial charge in [-0.15, -0.1) is 0 Å². The number of hydrogen-bond acceptors (Lipinski definition) is 4. The lowest BCUT2D eigenvalue weighted by molar-refractivity contribution is 0.302. The van der Waals surface area contributed by atoms with Crippen LogP contribution in [0.5, 0.6) is 5.75 Å². The maximum atomic E-state index is 11.3. The van der Waals surface area contributed by atoms with Gasteiger partial charge in [-0.05, 0) is 54.4 Å². The standard InChI is InChI=1S/C22H23ClN2O3S/c23-20-6-3-4-18(14-20)16-28-22-7-2-1-5-19(22)15-25-13-12-17-8-10-21(11-9-17)29(24,26)27/h1-11,14,25H,12-13,15-16H2,(H2,24,26,27). The Hall–Kier alpha value is -2.38. The van der Waals surface area contributed by atoms with E-state index in [1.54, 1.807) is 12.1 Å². The Kier molecular flexibility index (Phi) is 7.28. The van der Waals surface area contributed by atoms with Crippen LogP contribution in [0.4, 0.5) is 0 Å². The molecule has 0 aliphatic rings. The number of sulfonamides is 1. The van der Waals surface area contributed by atoms with Crippen LogP contribution in [0, 0.1) is 0 Å². The Morgan fingerprint density at radius 3 is 2.41 bits per heavy atom. The van der Waals surface area contributed by atoms with Crippen LogP contribution in [0.25, 0.3) is 0 Å². The van der Waals surface area contributed by atoms with Crippen molar-refractivity contribution in [2.75, 3.05) is 6.54 Å². The topological polar surface area (TPSA) is 81.4 Å². The van der Waals surface area contributed by atoms with E-state index in [4.69, 9.17) is 21.5 Å². The van der Waals surface area contributed by atoms with E-state index in [1.165, 1.54) is 12.1 Å². The lowest BCUT2D eigenvalue weighted by Gasteiger charge is -2.12. The second-order valence-corrected chi connectivity index (χ2v) is 8.64. The predicted octanol–water partition coefficient (Wildman–Crippen LogP) is 3.90. The zero-order valence-electron chi connectivity index (χ0n) is 15.8. The molecule has 0 fully saturated rings. The summed E-state index contributed by atoms with van der Waals surface area (Å²) in [5.41, 5.74) is 3.12. The first-order valence-corrected chi connectivity index (χ1v) is 11.1. The highest BCUT2D eigenvalue weighted by molar-refractivity contribution is 7.89. The zero-order chi connectivity index (χ0) is 20.7. The van der Waals surface area contributed by atoms with Gasteiger partial charge in [0.25, 0.3) is 0 Å². The van der Waals surface area contributed by atoms with Crippen LogP contribution in [-0.4, -0.2) is 15.0 Å². The first-order chi connectivity index (χ1) is 13.9.